The largest absolute Gasteiger partial charge is 0.491 e. The summed E-state index contributed by atoms with van der Waals surface area (Å²) in [7, 11) is 1.96. The van der Waals surface area contributed by atoms with Gasteiger partial charge in [-0.2, -0.15) is 0 Å². The average Bonchev–Trinajstić information content (AvgIpc) is 2.42. The lowest BCUT2D eigenvalue weighted by Crippen LogP contribution is -2.15. The summed E-state index contributed by atoms with van der Waals surface area (Å²) < 4.78 is 11.4. The maximum absolute atomic E-state index is 5.86. The molecule has 3 nitrogen and oxygen atoms in total. The monoisotopic (exact) mass is 279 g/mol. The molecule has 1 unspecified atom stereocenters. The van der Waals surface area contributed by atoms with Crippen LogP contribution in [0.3, 0.4) is 0 Å². The van der Waals surface area contributed by atoms with Gasteiger partial charge in [-0.05, 0) is 39.3 Å². The minimum absolute atomic E-state index is 0.284. The van der Waals surface area contributed by atoms with Gasteiger partial charge in [-0.3, -0.25) is 0 Å². The minimum atomic E-state index is 0.284. The molecule has 20 heavy (non-hydrogen) atoms. The van der Waals surface area contributed by atoms with Crippen molar-refractivity contribution in [1.29, 1.82) is 0 Å². The third-order valence-electron chi connectivity index (χ3n) is 3.39. The molecule has 0 radical (unpaired) electrons. The van der Waals surface area contributed by atoms with Crippen molar-refractivity contribution >= 4 is 0 Å². The van der Waals surface area contributed by atoms with Gasteiger partial charge in [-0.15, -0.1) is 0 Å². The zero-order valence-electron chi connectivity index (χ0n) is 13.5. The molecule has 0 saturated carbocycles. The summed E-state index contributed by atoms with van der Waals surface area (Å²) in [5, 5.41) is 3.26. The van der Waals surface area contributed by atoms with Crippen LogP contribution < -0.4 is 10.1 Å². The van der Waals surface area contributed by atoms with E-state index < -0.39 is 0 Å². The highest BCUT2D eigenvalue weighted by molar-refractivity contribution is 5.38. The Labute approximate surface area is 123 Å². The highest BCUT2D eigenvalue weighted by atomic mass is 16.5. The van der Waals surface area contributed by atoms with E-state index in [0.29, 0.717) is 19.1 Å². The second-order valence-corrected chi connectivity index (χ2v) is 5.69. The average molecular weight is 279 g/mol. The Balaban J connectivity index is 2.43. The van der Waals surface area contributed by atoms with E-state index in [4.69, 9.17) is 9.47 Å². The first-order chi connectivity index (χ1) is 9.54. The zero-order chi connectivity index (χ0) is 15.0. The standard InChI is InChI=1S/C17H29NO2/c1-13(2)8-9-19-10-11-20-17-7-6-14(3)12-16(17)15(4)18-5/h6-7,12-13,15,18H,8-11H2,1-5H3. The molecule has 1 rings (SSSR count). The van der Waals surface area contributed by atoms with E-state index in [0.717, 1.165) is 18.8 Å². The van der Waals surface area contributed by atoms with Crippen molar-refractivity contribution in [2.24, 2.45) is 5.92 Å². The maximum atomic E-state index is 5.86. The first-order valence-electron chi connectivity index (χ1n) is 7.53. The first kappa shape index (κ1) is 17.0. The molecule has 0 aliphatic heterocycles. The van der Waals surface area contributed by atoms with Crippen LogP contribution >= 0.6 is 0 Å². The summed E-state index contributed by atoms with van der Waals surface area (Å²) in [6.45, 7) is 10.7. The number of benzene rings is 1. The smallest absolute Gasteiger partial charge is 0.124 e. The maximum Gasteiger partial charge on any atom is 0.124 e. The van der Waals surface area contributed by atoms with Crippen molar-refractivity contribution < 1.29 is 9.47 Å². The second-order valence-electron chi connectivity index (χ2n) is 5.69. The van der Waals surface area contributed by atoms with Crippen LogP contribution in [0.5, 0.6) is 5.75 Å². The molecule has 0 spiro atoms. The number of ether oxygens (including phenoxy) is 2. The Morgan fingerprint density at radius 2 is 1.85 bits per heavy atom. The molecule has 0 aliphatic carbocycles. The fourth-order valence-corrected chi connectivity index (χ4v) is 1.92. The topological polar surface area (TPSA) is 30.5 Å². The van der Waals surface area contributed by atoms with Crippen LogP contribution in [-0.2, 0) is 4.74 Å². The van der Waals surface area contributed by atoms with Crippen LogP contribution in [0, 0.1) is 12.8 Å². The van der Waals surface area contributed by atoms with Gasteiger partial charge in [-0.25, -0.2) is 0 Å². The molecule has 1 aromatic carbocycles. The lowest BCUT2D eigenvalue weighted by Gasteiger charge is -2.17. The normalized spacial score (nSPS) is 12.7. The molecule has 3 heteroatoms. The van der Waals surface area contributed by atoms with Gasteiger partial charge in [0.25, 0.3) is 0 Å². The Kier molecular flexibility index (Phi) is 7.63. The fourth-order valence-electron chi connectivity index (χ4n) is 1.92. The molecule has 1 atom stereocenters. The summed E-state index contributed by atoms with van der Waals surface area (Å²) in [4.78, 5) is 0. The molecule has 0 aromatic heterocycles. The number of aryl methyl sites for hydroxylation is 1. The number of hydrogen-bond donors (Lipinski definition) is 1. The highest BCUT2D eigenvalue weighted by Crippen LogP contribution is 2.26. The van der Waals surface area contributed by atoms with Crippen molar-refractivity contribution in [2.45, 2.75) is 40.2 Å². The highest BCUT2D eigenvalue weighted by Gasteiger charge is 2.10. The molecule has 0 saturated heterocycles. The van der Waals surface area contributed by atoms with Crippen LogP contribution in [0.2, 0.25) is 0 Å². The summed E-state index contributed by atoms with van der Waals surface area (Å²) in [6.07, 6.45) is 1.10. The van der Waals surface area contributed by atoms with E-state index in [1.54, 1.807) is 0 Å². The van der Waals surface area contributed by atoms with E-state index in [1.807, 2.05) is 13.1 Å². The third-order valence-corrected chi connectivity index (χ3v) is 3.39. The summed E-state index contributed by atoms with van der Waals surface area (Å²) >= 11 is 0. The number of rotatable bonds is 9. The van der Waals surface area contributed by atoms with E-state index in [2.05, 4.69) is 45.1 Å². The first-order valence-corrected chi connectivity index (χ1v) is 7.53. The molecule has 114 valence electrons. The van der Waals surface area contributed by atoms with Gasteiger partial charge in [0.05, 0.1) is 6.61 Å². The van der Waals surface area contributed by atoms with Gasteiger partial charge in [0, 0.05) is 18.2 Å². The van der Waals surface area contributed by atoms with Crippen molar-refractivity contribution in [2.75, 3.05) is 26.9 Å². The number of nitrogens with one attached hydrogen (secondary N) is 1. The Morgan fingerprint density at radius 1 is 1.10 bits per heavy atom. The van der Waals surface area contributed by atoms with Crippen molar-refractivity contribution in [3.05, 3.63) is 29.3 Å². The van der Waals surface area contributed by atoms with Crippen LogP contribution in [0.1, 0.15) is 44.4 Å². The molecule has 0 amide bonds. The molecule has 0 bridgehead atoms. The summed E-state index contributed by atoms with van der Waals surface area (Å²) in [5.74, 6) is 1.64. The summed E-state index contributed by atoms with van der Waals surface area (Å²) in [5.41, 5.74) is 2.46. The Hall–Kier alpha value is -1.06. The Morgan fingerprint density at radius 3 is 2.50 bits per heavy atom. The van der Waals surface area contributed by atoms with Crippen LogP contribution in [0.4, 0.5) is 0 Å². The molecular formula is C17H29NO2. The van der Waals surface area contributed by atoms with Gasteiger partial charge < -0.3 is 14.8 Å². The summed E-state index contributed by atoms with van der Waals surface area (Å²) in [6, 6.07) is 6.59. The molecule has 0 fully saturated rings. The van der Waals surface area contributed by atoms with Gasteiger partial charge in [0.1, 0.15) is 12.4 Å². The third kappa shape index (κ3) is 5.93. The second kappa shape index (κ2) is 8.98. The Bertz CT molecular complexity index is 391. The van der Waals surface area contributed by atoms with Gasteiger partial charge in [-0.1, -0.05) is 31.5 Å². The quantitative estimate of drug-likeness (QED) is 0.699. The van der Waals surface area contributed by atoms with Gasteiger partial charge in [0.15, 0.2) is 0 Å². The van der Waals surface area contributed by atoms with Crippen molar-refractivity contribution in [3.8, 4) is 5.75 Å². The van der Waals surface area contributed by atoms with Gasteiger partial charge in [0.2, 0.25) is 0 Å². The number of hydrogen-bond acceptors (Lipinski definition) is 3. The zero-order valence-corrected chi connectivity index (χ0v) is 13.5. The van der Waals surface area contributed by atoms with Crippen molar-refractivity contribution in [3.63, 3.8) is 0 Å². The molecule has 1 N–H and O–H groups in total. The molecular weight excluding hydrogens is 250 g/mol. The van der Waals surface area contributed by atoms with E-state index in [9.17, 15) is 0 Å². The van der Waals surface area contributed by atoms with E-state index >= 15 is 0 Å². The lowest BCUT2D eigenvalue weighted by atomic mass is 10.0. The molecule has 1 aromatic rings. The molecule has 0 heterocycles. The van der Waals surface area contributed by atoms with E-state index in [1.165, 1.54) is 11.1 Å². The van der Waals surface area contributed by atoms with Crippen molar-refractivity contribution in [1.82, 2.24) is 5.32 Å². The van der Waals surface area contributed by atoms with Crippen LogP contribution in [0.25, 0.3) is 0 Å². The minimum Gasteiger partial charge on any atom is -0.491 e. The lowest BCUT2D eigenvalue weighted by molar-refractivity contribution is 0.0921. The van der Waals surface area contributed by atoms with E-state index in [-0.39, 0.29) is 6.04 Å². The predicted octanol–water partition coefficient (Wildman–Crippen LogP) is 3.72. The predicted molar refractivity (Wildman–Crippen MR) is 84.4 cm³/mol. The molecule has 0 aliphatic rings. The van der Waals surface area contributed by atoms with Gasteiger partial charge >= 0.3 is 0 Å². The van der Waals surface area contributed by atoms with Crippen LogP contribution in [0.15, 0.2) is 18.2 Å². The van der Waals surface area contributed by atoms with Crippen LogP contribution in [-0.4, -0.2) is 26.9 Å². The fraction of sp³-hybridized carbons (Fsp3) is 0.647. The SMILES string of the molecule is CNC(C)c1cc(C)ccc1OCCOCCC(C)C.